The molecule has 0 bridgehead atoms. The monoisotopic (exact) mass is 625 g/mol. The Balaban J connectivity index is 1.27. The Morgan fingerprint density at radius 1 is 0.469 bits per heavy atom. The fraction of sp³-hybridized carbons (Fsp3) is 0.0217. The largest absolute Gasteiger partial charge is 0.359 e. The van der Waals surface area contributed by atoms with Crippen molar-refractivity contribution in [2.75, 3.05) is 0 Å². The lowest BCUT2D eigenvalue weighted by atomic mass is 9.99. The van der Waals surface area contributed by atoms with Gasteiger partial charge in [0.2, 0.25) is 0 Å². The van der Waals surface area contributed by atoms with E-state index in [4.69, 9.17) is 4.99 Å². The summed E-state index contributed by atoms with van der Waals surface area (Å²) in [7, 11) is 0. The summed E-state index contributed by atoms with van der Waals surface area (Å²) in [5.41, 5.74) is 7.83. The van der Waals surface area contributed by atoms with E-state index < -0.39 is 0 Å². The van der Waals surface area contributed by atoms with Crippen molar-refractivity contribution in [1.29, 1.82) is 0 Å². The van der Waals surface area contributed by atoms with Gasteiger partial charge in [0.15, 0.2) is 0 Å². The predicted molar refractivity (Wildman–Crippen MR) is 207 cm³/mol. The topological polar surface area (TPSA) is 29.3 Å². The molecule has 9 aromatic rings. The van der Waals surface area contributed by atoms with E-state index in [9.17, 15) is 0 Å². The first kappa shape index (κ1) is 27.6. The van der Waals surface area contributed by atoms with Gasteiger partial charge in [0.1, 0.15) is 5.84 Å². The van der Waals surface area contributed by atoms with Crippen molar-refractivity contribution in [3.8, 4) is 5.69 Å². The van der Waals surface area contributed by atoms with Crippen molar-refractivity contribution in [2.45, 2.75) is 6.04 Å². The third-order valence-corrected chi connectivity index (χ3v) is 9.98. The molecule has 0 saturated carbocycles. The number of hydrogen-bond donors (Lipinski definition) is 1. The predicted octanol–water partition coefficient (Wildman–Crippen LogP) is 11.4. The lowest BCUT2D eigenvalue weighted by Gasteiger charge is -2.25. The normalized spacial score (nSPS) is 14.7. The highest BCUT2D eigenvalue weighted by Crippen LogP contribution is 2.42. The summed E-state index contributed by atoms with van der Waals surface area (Å²) in [6.07, 6.45) is 2.24. The third-order valence-electron chi connectivity index (χ3n) is 9.98. The van der Waals surface area contributed by atoms with E-state index in [-0.39, 0.29) is 6.04 Å². The van der Waals surface area contributed by atoms with Crippen LogP contribution in [0.15, 0.2) is 181 Å². The fourth-order valence-electron chi connectivity index (χ4n) is 7.71. The summed E-state index contributed by atoms with van der Waals surface area (Å²) in [6.45, 7) is 0. The zero-order valence-electron chi connectivity index (χ0n) is 26.7. The summed E-state index contributed by atoms with van der Waals surface area (Å²) in [4.78, 5) is 5.29. The van der Waals surface area contributed by atoms with Crippen molar-refractivity contribution in [1.82, 2.24) is 9.88 Å². The van der Waals surface area contributed by atoms with Gasteiger partial charge < -0.3 is 9.88 Å². The molecule has 0 aliphatic carbocycles. The van der Waals surface area contributed by atoms with Crippen LogP contribution in [-0.2, 0) is 0 Å². The number of aliphatic imine (C=N–C) groups is 1. The minimum Gasteiger partial charge on any atom is -0.359 e. The highest BCUT2D eigenvalue weighted by atomic mass is 15.1. The number of aromatic nitrogens is 1. The fourth-order valence-corrected chi connectivity index (χ4v) is 7.71. The molecule has 1 N–H and O–H groups in total. The molecule has 49 heavy (non-hydrogen) atoms. The number of rotatable bonds is 4. The Morgan fingerprint density at radius 3 is 1.67 bits per heavy atom. The Bertz CT molecular complexity index is 2700. The van der Waals surface area contributed by atoms with Crippen molar-refractivity contribution in [3.63, 3.8) is 0 Å². The summed E-state index contributed by atoms with van der Waals surface area (Å²) in [5.74, 6) is 0.860. The smallest absolute Gasteiger partial charge is 0.134 e. The van der Waals surface area contributed by atoms with E-state index in [2.05, 4.69) is 186 Å². The van der Waals surface area contributed by atoms with Crippen LogP contribution >= 0.6 is 0 Å². The van der Waals surface area contributed by atoms with Crippen LogP contribution in [0.3, 0.4) is 0 Å². The molecule has 10 rings (SSSR count). The van der Waals surface area contributed by atoms with Crippen molar-refractivity contribution in [3.05, 3.63) is 193 Å². The Hall–Kier alpha value is -6.45. The molecule has 0 saturated heterocycles. The number of benzene rings is 8. The maximum atomic E-state index is 5.29. The zero-order chi connectivity index (χ0) is 32.3. The van der Waals surface area contributed by atoms with E-state index in [1.54, 1.807) is 0 Å². The standard InChI is InChI=1S/C46H31N3/c1-3-15-32(16-4-1)39-29-40(33-17-5-2-6-18-33)48-46(47-39)35-27-34-19-9-10-20-36(34)43(28-35)49-41-25-23-30-13-7-11-21-37(30)44(41)45-38-22-12-8-14-31(38)24-26-42(45)49/h1-29,39H,(H,47,48). The van der Waals surface area contributed by atoms with Crippen LogP contribution in [0.2, 0.25) is 0 Å². The second-order valence-electron chi connectivity index (χ2n) is 12.8. The van der Waals surface area contributed by atoms with Crippen LogP contribution in [0.25, 0.3) is 65.5 Å². The molecule has 8 aromatic carbocycles. The van der Waals surface area contributed by atoms with Crippen molar-refractivity contribution >= 4 is 65.7 Å². The second kappa shape index (κ2) is 11.1. The molecular formula is C46H31N3. The van der Waals surface area contributed by atoms with E-state index in [0.29, 0.717) is 0 Å². The molecule has 0 amide bonds. The third kappa shape index (κ3) is 4.47. The van der Waals surface area contributed by atoms with Crippen LogP contribution in [0, 0.1) is 0 Å². The molecule has 3 heteroatoms. The molecule has 1 aliphatic heterocycles. The average Bonchev–Trinajstić information content (AvgIpc) is 3.53. The lowest BCUT2D eigenvalue weighted by molar-refractivity contribution is 0.781. The first-order valence-corrected chi connectivity index (χ1v) is 16.8. The molecule has 230 valence electrons. The molecule has 0 radical (unpaired) electrons. The summed E-state index contributed by atoms with van der Waals surface area (Å²) >= 11 is 0. The summed E-state index contributed by atoms with van der Waals surface area (Å²) in [6, 6.07) is 61.0. The first-order chi connectivity index (χ1) is 24.3. The minimum absolute atomic E-state index is 0.0233. The molecule has 1 aliphatic rings. The summed E-state index contributed by atoms with van der Waals surface area (Å²) < 4.78 is 2.47. The van der Waals surface area contributed by atoms with Crippen molar-refractivity contribution < 1.29 is 0 Å². The Labute approximate surface area is 284 Å². The molecule has 2 heterocycles. The molecule has 0 fully saturated rings. The maximum Gasteiger partial charge on any atom is 0.134 e. The van der Waals surface area contributed by atoms with Gasteiger partial charge >= 0.3 is 0 Å². The molecular weight excluding hydrogens is 595 g/mol. The van der Waals surface area contributed by atoms with Gasteiger partial charge in [0.05, 0.1) is 28.5 Å². The minimum atomic E-state index is -0.0233. The van der Waals surface area contributed by atoms with E-state index >= 15 is 0 Å². The van der Waals surface area contributed by atoms with Gasteiger partial charge in [-0.3, -0.25) is 0 Å². The molecule has 0 spiro atoms. The van der Waals surface area contributed by atoms with Gasteiger partial charge in [0, 0.05) is 21.7 Å². The van der Waals surface area contributed by atoms with Crippen LogP contribution in [-0.4, -0.2) is 10.4 Å². The molecule has 1 unspecified atom stereocenters. The van der Waals surface area contributed by atoms with Gasteiger partial charge in [-0.2, -0.15) is 0 Å². The number of nitrogens with one attached hydrogen (secondary N) is 1. The molecule has 1 aromatic heterocycles. The highest BCUT2D eigenvalue weighted by molar-refractivity contribution is 6.29. The average molecular weight is 626 g/mol. The lowest BCUT2D eigenvalue weighted by Crippen LogP contribution is -2.31. The number of nitrogens with zero attached hydrogens (tertiary/aromatic N) is 2. The van der Waals surface area contributed by atoms with E-state index in [0.717, 1.165) is 28.3 Å². The van der Waals surface area contributed by atoms with Crippen LogP contribution < -0.4 is 5.32 Å². The van der Waals surface area contributed by atoms with Crippen LogP contribution in [0.4, 0.5) is 0 Å². The quantitative estimate of drug-likeness (QED) is 0.207. The zero-order valence-corrected chi connectivity index (χ0v) is 26.7. The number of fused-ring (bicyclic) bond motifs is 8. The first-order valence-electron chi connectivity index (χ1n) is 16.8. The van der Waals surface area contributed by atoms with Crippen LogP contribution in [0.5, 0.6) is 0 Å². The molecule has 3 nitrogen and oxygen atoms in total. The number of hydrogen-bond acceptors (Lipinski definition) is 2. The number of amidine groups is 1. The highest BCUT2D eigenvalue weighted by Gasteiger charge is 2.23. The van der Waals surface area contributed by atoms with Gasteiger partial charge in [-0.15, -0.1) is 0 Å². The summed E-state index contributed by atoms with van der Waals surface area (Å²) in [5, 5.41) is 13.8. The van der Waals surface area contributed by atoms with E-state index in [1.807, 2.05) is 0 Å². The van der Waals surface area contributed by atoms with E-state index in [1.165, 1.54) is 59.7 Å². The SMILES string of the molecule is C1=C(c2ccccc2)N=C(c2cc(-n3c4ccc5ccccc5c4c4c5ccccc5ccc43)c3ccccc3c2)NC1c1ccccc1. The van der Waals surface area contributed by atoms with Crippen molar-refractivity contribution in [2.24, 2.45) is 4.99 Å². The Kier molecular flexibility index (Phi) is 6.25. The van der Waals surface area contributed by atoms with Crippen LogP contribution in [0.1, 0.15) is 22.7 Å². The molecule has 1 atom stereocenters. The van der Waals surface area contributed by atoms with Gasteiger partial charge in [-0.25, -0.2) is 4.99 Å². The van der Waals surface area contributed by atoms with Gasteiger partial charge in [-0.1, -0.05) is 146 Å². The van der Waals surface area contributed by atoms with Gasteiger partial charge in [0.25, 0.3) is 0 Å². The Morgan fingerprint density at radius 2 is 1.02 bits per heavy atom. The van der Waals surface area contributed by atoms with Gasteiger partial charge in [-0.05, 0) is 68.4 Å². The second-order valence-corrected chi connectivity index (χ2v) is 12.8. The maximum absolute atomic E-state index is 5.29.